The van der Waals surface area contributed by atoms with Crippen LogP contribution in [0.2, 0.25) is 0 Å². The van der Waals surface area contributed by atoms with Crippen LogP contribution >= 0.6 is 0 Å². The molecule has 0 spiro atoms. The predicted molar refractivity (Wildman–Crippen MR) is 187 cm³/mol. The quantitative estimate of drug-likeness (QED) is 0.196. The second kappa shape index (κ2) is 11.7. The van der Waals surface area contributed by atoms with Gasteiger partial charge < -0.3 is 29.7 Å². The van der Waals surface area contributed by atoms with Crippen LogP contribution < -0.4 is 11.1 Å². The van der Waals surface area contributed by atoms with E-state index in [-0.39, 0.29) is 24.8 Å². The van der Waals surface area contributed by atoms with Gasteiger partial charge in [0.2, 0.25) is 0 Å². The largest absolute Gasteiger partial charge is 0.454 e. The summed E-state index contributed by atoms with van der Waals surface area (Å²) in [4.78, 5) is 44.7. The number of nitrogens with one attached hydrogen (secondary N) is 1. The summed E-state index contributed by atoms with van der Waals surface area (Å²) >= 11 is 0. The van der Waals surface area contributed by atoms with Gasteiger partial charge in [-0.25, -0.2) is 14.2 Å². The minimum Gasteiger partial charge on any atom is -0.454 e. The number of carbonyl (C=O) groups is 3. The fraction of sp³-hybridized carbons (Fsp3) is 0.385. The number of aromatic nitrogens is 2. The Hall–Kier alpha value is -5.19. The molecule has 11 heteroatoms. The monoisotopic (exact) mass is 677 g/mol. The Kier molecular flexibility index (Phi) is 7.50. The van der Waals surface area contributed by atoms with E-state index in [1.807, 2.05) is 58.0 Å². The van der Waals surface area contributed by atoms with Gasteiger partial charge in [0.1, 0.15) is 23.5 Å². The van der Waals surface area contributed by atoms with Crippen molar-refractivity contribution in [3.8, 4) is 22.7 Å². The van der Waals surface area contributed by atoms with Crippen molar-refractivity contribution in [2.45, 2.75) is 78.4 Å². The first-order valence-electron chi connectivity index (χ1n) is 17.2. The number of rotatable bonds is 6. The number of amides is 3. The van der Waals surface area contributed by atoms with E-state index in [0.717, 1.165) is 63.9 Å². The molecule has 0 bridgehead atoms. The predicted octanol–water partition coefficient (Wildman–Crippen LogP) is 7.14. The van der Waals surface area contributed by atoms with Gasteiger partial charge in [0, 0.05) is 52.5 Å². The summed E-state index contributed by atoms with van der Waals surface area (Å²) < 4.78 is 29.2. The number of pyridine rings is 1. The van der Waals surface area contributed by atoms with E-state index >= 15 is 4.39 Å². The van der Waals surface area contributed by atoms with Gasteiger partial charge in [-0.15, -0.1) is 0 Å². The molecule has 2 fully saturated rings. The Bertz CT molecular complexity index is 2210. The summed E-state index contributed by atoms with van der Waals surface area (Å²) in [6.45, 7) is 9.03. The fourth-order valence-electron chi connectivity index (χ4n) is 7.84. The van der Waals surface area contributed by atoms with Gasteiger partial charge in [-0.1, -0.05) is 39.0 Å². The summed E-state index contributed by atoms with van der Waals surface area (Å²) in [5.74, 6) is 0.814. The molecule has 2 aromatic carbocycles. The summed E-state index contributed by atoms with van der Waals surface area (Å²) in [6, 6.07) is 16.8. The minimum atomic E-state index is -1.37. The SMILES string of the molecule is Cc1c(-c2cc3ccc(-c4ccc5c(c4)C(=O)NC5)nc3n2CC2CC2)oc2cc(C(=O)N3C[C@H](F)C[C@@H](OC(N)=O)C3C(C)(C)C)ccc12. The number of alkyl halides is 1. The third-order valence-electron chi connectivity index (χ3n) is 10.4. The molecule has 5 heterocycles. The van der Waals surface area contributed by atoms with Gasteiger partial charge >= 0.3 is 6.09 Å². The number of nitrogens with zero attached hydrogens (tertiary/aromatic N) is 3. The van der Waals surface area contributed by atoms with Crippen molar-refractivity contribution in [1.82, 2.24) is 19.8 Å². The molecule has 3 atom stereocenters. The van der Waals surface area contributed by atoms with Crippen LogP contribution in [0.25, 0.3) is 44.7 Å². The maximum absolute atomic E-state index is 15.0. The third kappa shape index (κ3) is 5.58. The van der Waals surface area contributed by atoms with E-state index < -0.39 is 29.8 Å². The van der Waals surface area contributed by atoms with E-state index in [1.165, 1.54) is 4.90 Å². The average molecular weight is 678 g/mol. The maximum atomic E-state index is 15.0. The zero-order chi connectivity index (χ0) is 35.1. The molecule has 5 aromatic rings. The minimum absolute atomic E-state index is 0.0237. The highest BCUT2D eigenvalue weighted by Crippen LogP contribution is 2.41. The van der Waals surface area contributed by atoms with Crippen molar-refractivity contribution in [2.75, 3.05) is 6.54 Å². The number of likely N-dealkylation sites (tertiary alicyclic amines) is 1. The first-order chi connectivity index (χ1) is 23.9. The smallest absolute Gasteiger partial charge is 0.404 e. The number of halogens is 1. The van der Waals surface area contributed by atoms with Crippen LogP contribution in [0.4, 0.5) is 9.18 Å². The van der Waals surface area contributed by atoms with Crippen molar-refractivity contribution in [1.29, 1.82) is 0 Å². The summed E-state index contributed by atoms with van der Waals surface area (Å²) in [6.07, 6.45) is -0.946. The third-order valence-corrected chi connectivity index (χ3v) is 10.4. The molecule has 8 rings (SSSR count). The molecule has 0 radical (unpaired) electrons. The Balaban J connectivity index is 1.17. The first-order valence-corrected chi connectivity index (χ1v) is 17.2. The van der Waals surface area contributed by atoms with Crippen LogP contribution in [0, 0.1) is 18.3 Å². The molecule has 3 aromatic heterocycles. The zero-order valence-electron chi connectivity index (χ0n) is 28.6. The molecule has 1 saturated carbocycles. The van der Waals surface area contributed by atoms with Crippen molar-refractivity contribution in [3.05, 3.63) is 76.9 Å². The van der Waals surface area contributed by atoms with Gasteiger partial charge in [-0.3, -0.25) is 9.59 Å². The molecule has 3 aliphatic rings. The molecule has 3 amide bonds. The summed E-state index contributed by atoms with van der Waals surface area (Å²) in [5, 5.41) is 4.73. The molecule has 10 nitrogen and oxygen atoms in total. The van der Waals surface area contributed by atoms with Crippen molar-refractivity contribution < 1.29 is 27.9 Å². The Morgan fingerprint density at radius 3 is 2.64 bits per heavy atom. The number of benzene rings is 2. The first kappa shape index (κ1) is 32.0. The lowest BCUT2D eigenvalue weighted by Gasteiger charge is -2.47. The van der Waals surface area contributed by atoms with Crippen molar-refractivity contribution in [3.63, 3.8) is 0 Å². The molecular formula is C39H40FN5O5. The second-order valence-corrected chi connectivity index (χ2v) is 15.1. The number of piperidine rings is 1. The number of nitrogens with two attached hydrogens (primary N) is 1. The lowest BCUT2D eigenvalue weighted by atomic mass is 9.78. The van der Waals surface area contributed by atoms with Crippen LogP contribution in [0.3, 0.4) is 0 Å². The van der Waals surface area contributed by atoms with E-state index in [1.54, 1.807) is 12.1 Å². The van der Waals surface area contributed by atoms with Gasteiger partial charge in [-0.05, 0) is 73.1 Å². The van der Waals surface area contributed by atoms with Crippen LogP contribution in [-0.4, -0.2) is 57.2 Å². The Morgan fingerprint density at radius 1 is 1.10 bits per heavy atom. The summed E-state index contributed by atoms with van der Waals surface area (Å²) in [5.41, 5.74) is 11.7. The molecule has 1 aliphatic carbocycles. The number of aryl methyl sites for hydroxylation is 1. The molecule has 258 valence electrons. The van der Waals surface area contributed by atoms with Gasteiger partial charge in [0.15, 0.2) is 5.76 Å². The number of primary amides is 1. The van der Waals surface area contributed by atoms with Crippen LogP contribution in [0.5, 0.6) is 0 Å². The lowest BCUT2D eigenvalue weighted by molar-refractivity contribution is -0.0570. The Labute approximate surface area is 288 Å². The highest BCUT2D eigenvalue weighted by Gasteiger charge is 2.47. The number of hydrogen-bond acceptors (Lipinski definition) is 6. The van der Waals surface area contributed by atoms with E-state index in [4.69, 9.17) is 19.9 Å². The zero-order valence-corrected chi connectivity index (χ0v) is 28.6. The normalized spacial score (nSPS) is 20.7. The average Bonchev–Trinajstić information content (AvgIpc) is 3.60. The van der Waals surface area contributed by atoms with Gasteiger partial charge in [0.05, 0.1) is 24.0 Å². The maximum Gasteiger partial charge on any atom is 0.404 e. The Morgan fingerprint density at radius 2 is 1.90 bits per heavy atom. The standard InChI is InChI=1S/C39H40FN5O5/c1-20-27-11-9-24(37(47)45-19-26(40)16-32(50-38(41)48)34(45)39(2,3)4)15-31(27)49-33(20)30-14-23-10-12-29(43-35(23)44(30)18-21-5-6-21)22-7-8-25-17-42-36(46)28(25)13-22/h7-15,21,26,32,34H,5-6,16-19H2,1-4H3,(H2,41,48)(H,42,46)/t26-,32-,34?/m1/s1. The molecular weight excluding hydrogens is 637 g/mol. The van der Waals surface area contributed by atoms with Crippen LogP contribution in [0.1, 0.15) is 71.9 Å². The lowest BCUT2D eigenvalue weighted by Crippen LogP contribution is -2.61. The second-order valence-electron chi connectivity index (χ2n) is 15.1. The van der Waals surface area contributed by atoms with Crippen molar-refractivity contribution >= 4 is 39.9 Å². The number of hydrogen-bond donors (Lipinski definition) is 2. The molecule has 2 aliphatic heterocycles. The van der Waals surface area contributed by atoms with E-state index in [9.17, 15) is 14.4 Å². The molecule has 3 N–H and O–H groups in total. The van der Waals surface area contributed by atoms with Gasteiger partial charge in [-0.2, -0.15) is 0 Å². The number of fused-ring (bicyclic) bond motifs is 3. The van der Waals surface area contributed by atoms with Crippen molar-refractivity contribution in [2.24, 2.45) is 17.1 Å². The fourth-order valence-corrected chi connectivity index (χ4v) is 7.84. The highest BCUT2D eigenvalue weighted by molar-refractivity contribution is 6.01. The highest BCUT2D eigenvalue weighted by atomic mass is 19.1. The summed E-state index contributed by atoms with van der Waals surface area (Å²) in [7, 11) is 0. The van der Waals surface area contributed by atoms with E-state index in [2.05, 4.69) is 22.0 Å². The number of furan rings is 1. The number of ether oxygens (including phenoxy) is 1. The molecule has 50 heavy (non-hydrogen) atoms. The topological polar surface area (TPSA) is 133 Å². The molecule has 1 saturated heterocycles. The van der Waals surface area contributed by atoms with Crippen LogP contribution in [-0.2, 0) is 17.8 Å². The van der Waals surface area contributed by atoms with Gasteiger partial charge in [0.25, 0.3) is 11.8 Å². The number of carbonyl (C=O) groups excluding carboxylic acids is 3. The molecule has 1 unspecified atom stereocenters. The van der Waals surface area contributed by atoms with E-state index in [0.29, 0.717) is 34.9 Å². The van der Waals surface area contributed by atoms with Crippen LogP contribution in [0.15, 0.2) is 59.0 Å².